The van der Waals surface area contributed by atoms with Gasteiger partial charge in [0.1, 0.15) is 6.10 Å². The van der Waals surface area contributed by atoms with Crippen molar-refractivity contribution in [2.45, 2.75) is 74.4 Å². The van der Waals surface area contributed by atoms with Crippen molar-refractivity contribution in [3.8, 4) is 0 Å². The van der Waals surface area contributed by atoms with E-state index in [2.05, 4.69) is 54.9 Å². The fourth-order valence-electron chi connectivity index (χ4n) is 8.77. The number of aliphatic hydroxyl groups excluding tert-OH is 2. The molecular weight excluding hydrogens is 448 g/mol. The third-order valence-corrected chi connectivity index (χ3v) is 10.5. The summed E-state index contributed by atoms with van der Waals surface area (Å²) in [6.07, 6.45) is 11.1. The maximum Gasteiger partial charge on any atom is 0.105 e. The second kappa shape index (κ2) is 7.38. The van der Waals surface area contributed by atoms with E-state index < -0.39 is 17.8 Å². The highest BCUT2D eigenvalue weighted by Gasteiger charge is 2.68. The predicted octanol–water partition coefficient (Wildman–Crippen LogP) is 4.51. The third kappa shape index (κ3) is 2.78. The quantitative estimate of drug-likeness (QED) is 0.614. The molecule has 1 aromatic carbocycles. The highest BCUT2D eigenvalue weighted by Crippen LogP contribution is 2.70. The normalized spacial score (nSPS) is 43.2. The van der Waals surface area contributed by atoms with Crippen molar-refractivity contribution < 1.29 is 14.9 Å². The van der Waals surface area contributed by atoms with Gasteiger partial charge in [-0.25, -0.2) is 0 Å². The fourth-order valence-corrected chi connectivity index (χ4v) is 8.77. The van der Waals surface area contributed by atoms with E-state index in [4.69, 9.17) is 4.74 Å². The van der Waals surface area contributed by atoms with E-state index in [9.17, 15) is 10.2 Å². The van der Waals surface area contributed by atoms with Gasteiger partial charge in [0.25, 0.3) is 0 Å². The molecule has 1 saturated heterocycles. The second-order valence-corrected chi connectivity index (χ2v) is 12.5. The average Bonchev–Trinajstić information content (AvgIpc) is 3.32. The Labute approximate surface area is 213 Å². The molecule has 3 aliphatic carbocycles. The summed E-state index contributed by atoms with van der Waals surface area (Å²) in [7, 11) is 3.96. The minimum absolute atomic E-state index is 0.00108. The molecule has 188 valence electrons. The summed E-state index contributed by atoms with van der Waals surface area (Å²) in [4.78, 5) is 6.38. The second-order valence-electron chi connectivity index (χ2n) is 12.5. The van der Waals surface area contributed by atoms with Crippen LogP contribution in [0.4, 0.5) is 0 Å². The van der Waals surface area contributed by atoms with Crippen LogP contribution in [-0.2, 0) is 4.74 Å². The lowest BCUT2D eigenvalue weighted by Crippen LogP contribution is -2.61. The van der Waals surface area contributed by atoms with E-state index in [1.807, 2.05) is 31.4 Å². The Hall–Kier alpha value is -2.31. The summed E-state index contributed by atoms with van der Waals surface area (Å²) in [5.41, 5.74) is 3.84. The maximum absolute atomic E-state index is 11.2. The first kappa shape index (κ1) is 22.9. The molecule has 0 radical (unpaired) electrons. The lowest BCUT2D eigenvalue weighted by molar-refractivity contribution is -0.165. The summed E-state index contributed by atoms with van der Waals surface area (Å²) < 4.78 is 7.28. The Bertz CT molecular complexity index is 1350. The number of ether oxygens (including phenoxy) is 1. The van der Waals surface area contributed by atoms with Crippen molar-refractivity contribution in [3.63, 3.8) is 0 Å². The van der Waals surface area contributed by atoms with Crippen LogP contribution in [-0.4, -0.2) is 63.6 Å². The van der Waals surface area contributed by atoms with Crippen molar-refractivity contribution in [1.29, 1.82) is 0 Å². The number of hydrogen-bond donors (Lipinski definition) is 2. The van der Waals surface area contributed by atoms with Crippen molar-refractivity contribution in [2.24, 2.45) is 11.3 Å². The van der Waals surface area contributed by atoms with E-state index in [0.717, 1.165) is 31.3 Å². The largest absolute Gasteiger partial charge is 0.388 e. The molecule has 2 saturated carbocycles. The topological polar surface area (TPSA) is 65.8 Å². The minimum Gasteiger partial charge on any atom is -0.388 e. The molecule has 5 heteroatoms. The van der Waals surface area contributed by atoms with Crippen LogP contribution in [0.3, 0.4) is 0 Å². The number of aromatic nitrogens is 1. The van der Waals surface area contributed by atoms with Crippen LogP contribution < -0.4 is 0 Å². The van der Waals surface area contributed by atoms with Gasteiger partial charge in [0.05, 0.1) is 17.3 Å². The Morgan fingerprint density at radius 2 is 1.97 bits per heavy atom. The van der Waals surface area contributed by atoms with Crippen molar-refractivity contribution in [3.05, 3.63) is 77.7 Å². The zero-order chi connectivity index (χ0) is 25.0. The smallest absolute Gasteiger partial charge is 0.105 e. The van der Waals surface area contributed by atoms with Crippen molar-refractivity contribution in [1.82, 2.24) is 9.88 Å². The van der Waals surface area contributed by atoms with Crippen LogP contribution in [0.25, 0.3) is 10.8 Å². The van der Waals surface area contributed by atoms with Crippen LogP contribution in [0, 0.1) is 11.3 Å². The molecule has 3 fully saturated rings. The highest BCUT2D eigenvalue weighted by molar-refractivity contribution is 5.82. The van der Waals surface area contributed by atoms with Crippen LogP contribution in [0.1, 0.15) is 50.5 Å². The molecule has 2 bridgehead atoms. The molecule has 7 rings (SSSR count). The van der Waals surface area contributed by atoms with Gasteiger partial charge in [0, 0.05) is 35.7 Å². The fraction of sp³-hybridized carbons (Fsp3) is 0.516. The molecule has 8 atom stereocenters. The van der Waals surface area contributed by atoms with Crippen LogP contribution >= 0.6 is 0 Å². The molecule has 36 heavy (non-hydrogen) atoms. The number of nitrogens with zero attached hydrogens (tertiary/aromatic N) is 2. The first-order chi connectivity index (χ1) is 17.2. The van der Waals surface area contributed by atoms with Gasteiger partial charge in [0.15, 0.2) is 0 Å². The van der Waals surface area contributed by atoms with Gasteiger partial charge in [-0.05, 0) is 85.8 Å². The summed E-state index contributed by atoms with van der Waals surface area (Å²) >= 11 is 0. The monoisotopic (exact) mass is 484 g/mol. The van der Waals surface area contributed by atoms with Crippen molar-refractivity contribution in [2.75, 3.05) is 14.1 Å². The van der Waals surface area contributed by atoms with Gasteiger partial charge in [-0.2, -0.15) is 0 Å². The van der Waals surface area contributed by atoms with Crippen LogP contribution in [0.15, 0.2) is 72.1 Å². The van der Waals surface area contributed by atoms with E-state index in [-0.39, 0.29) is 23.0 Å². The highest BCUT2D eigenvalue weighted by atomic mass is 16.5. The minimum atomic E-state index is -0.894. The Kier molecular flexibility index (Phi) is 4.69. The summed E-state index contributed by atoms with van der Waals surface area (Å²) in [6.45, 7) is 7.06. The Morgan fingerprint density at radius 3 is 2.78 bits per heavy atom. The molecule has 2 N–H and O–H groups in total. The lowest BCUT2D eigenvalue weighted by atomic mass is 9.58. The van der Waals surface area contributed by atoms with E-state index >= 15 is 0 Å². The third-order valence-electron chi connectivity index (χ3n) is 10.5. The van der Waals surface area contributed by atoms with E-state index in [1.54, 1.807) is 0 Å². The summed E-state index contributed by atoms with van der Waals surface area (Å²) in [5.74, 6) is 0.587. The van der Waals surface area contributed by atoms with Gasteiger partial charge in [-0.1, -0.05) is 43.4 Å². The van der Waals surface area contributed by atoms with E-state index in [0.29, 0.717) is 12.3 Å². The molecule has 2 aromatic rings. The first-order valence-electron chi connectivity index (χ1n) is 13.4. The number of allylic oxidation sites excluding steroid dienone is 2. The van der Waals surface area contributed by atoms with Gasteiger partial charge in [-0.3, -0.25) is 4.98 Å². The number of hydrogen-bond acceptors (Lipinski definition) is 5. The van der Waals surface area contributed by atoms with Gasteiger partial charge < -0.3 is 19.8 Å². The SMILES string of the molecule is C=C1C[C@@H]2[C@](C)(CC=C3C=C4[C@@H](O)[C@H](O)[C@@H](N(C)C)C[C@]45CC[C@@]32O5)[C@H]1c1ccc2ccncc2c1. The number of likely N-dealkylation sites (N-methyl/N-ethyl adjacent to an activating group) is 1. The van der Waals surface area contributed by atoms with Crippen molar-refractivity contribution >= 4 is 10.8 Å². The van der Waals surface area contributed by atoms with Gasteiger partial charge in [0.2, 0.25) is 0 Å². The average molecular weight is 485 g/mol. The number of pyridine rings is 1. The standard InChI is InChI=1S/C31H36N2O3/c1-18-13-25-29(2,26(18)20-6-5-19-8-12-32-17-21(19)14-20)9-7-22-15-23-27(34)28(35)24(33(3)4)16-30(23)10-11-31(22,25)36-30/h5-8,12,14-15,17,24-28,34-35H,1,9-11,13,16H2,2-4H3/t24-,25+,26+,27+,28+,29-,30+,31+/m0/s1. The summed E-state index contributed by atoms with van der Waals surface area (Å²) in [5, 5.41) is 24.5. The van der Waals surface area contributed by atoms with Gasteiger partial charge >= 0.3 is 0 Å². The van der Waals surface area contributed by atoms with Crippen LogP contribution in [0.2, 0.25) is 0 Å². The molecule has 0 amide bonds. The molecule has 5 nitrogen and oxygen atoms in total. The molecule has 1 aromatic heterocycles. The van der Waals surface area contributed by atoms with E-state index in [1.165, 1.54) is 27.5 Å². The Balaban J connectivity index is 1.32. The summed E-state index contributed by atoms with van der Waals surface area (Å²) in [6, 6.07) is 8.73. The molecular formula is C31H36N2O3. The molecule has 3 heterocycles. The predicted molar refractivity (Wildman–Crippen MR) is 141 cm³/mol. The van der Waals surface area contributed by atoms with Crippen LogP contribution in [0.5, 0.6) is 0 Å². The number of benzene rings is 1. The zero-order valence-electron chi connectivity index (χ0n) is 21.4. The lowest BCUT2D eigenvalue weighted by Gasteiger charge is -2.56. The molecule has 2 aliphatic heterocycles. The zero-order valence-corrected chi connectivity index (χ0v) is 21.4. The first-order valence-corrected chi connectivity index (χ1v) is 13.4. The maximum atomic E-state index is 11.2. The molecule has 5 aliphatic rings. The molecule has 2 spiro atoms. The van der Waals surface area contributed by atoms with Gasteiger partial charge in [-0.15, -0.1) is 0 Å². The number of fused-ring (bicyclic) bond motifs is 2. The Morgan fingerprint density at radius 1 is 1.14 bits per heavy atom. The number of rotatable bonds is 2. The molecule has 0 unspecified atom stereocenters. The number of aliphatic hydroxyl groups is 2.